The molecule has 1 aromatic heterocycles. The number of aromatic nitrogens is 2. The smallest absolute Gasteiger partial charge is 0.251 e. The van der Waals surface area contributed by atoms with E-state index >= 15 is 0 Å². The van der Waals surface area contributed by atoms with Crippen LogP contribution >= 0.6 is 0 Å². The molecule has 0 spiro atoms. The normalized spacial score (nSPS) is 21.0. The first kappa shape index (κ1) is 17.1. The minimum Gasteiger partial charge on any atom is -0.470 e. The molecule has 0 saturated carbocycles. The molecule has 0 aromatic carbocycles. The maximum Gasteiger partial charge on any atom is 0.251 e. The Balaban J connectivity index is 1.53. The Bertz CT molecular complexity index is 694. The molecule has 8 nitrogen and oxygen atoms in total. The summed E-state index contributed by atoms with van der Waals surface area (Å²) < 4.78 is 5.77. The summed E-state index contributed by atoms with van der Waals surface area (Å²) in [6.45, 7) is 3.98. The van der Waals surface area contributed by atoms with E-state index in [0.29, 0.717) is 45.4 Å². The molecular weight excluding hydrogens is 322 g/mol. The van der Waals surface area contributed by atoms with Crippen molar-refractivity contribution < 1.29 is 14.3 Å². The molecule has 25 heavy (non-hydrogen) atoms. The van der Waals surface area contributed by atoms with Crippen LogP contribution in [0, 0.1) is 17.2 Å². The zero-order chi connectivity index (χ0) is 17.8. The molecule has 132 valence electrons. The van der Waals surface area contributed by atoms with Gasteiger partial charge in [0.05, 0.1) is 6.54 Å². The van der Waals surface area contributed by atoms with E-state index < -0.39 is 0 Å². The van der Waals surface area contributed by atoms with E-state index in [0.717, 1.165) is 0 Å². The number of carbonyl (C=O) groups is 2. The second-order valence-electron chi connectivity index (χ2n) is 6.42. The Labute approximate surface area is 146 Å². The van der Waals surface area contributed by atoms with Gasteiger partial charge in [0.1, 0.15) is 12.2 Å². The predicted octanol–water partition coefficient (Wildman–Crippen LogP) is 0.586. The highest BCUT2D eigenvalue weighted by Gasteiger charge is 2.34. The van der Waals surface area contributed by atoms with Gasteiger partial charge in [-0.2, -0.15) is 5.26 Å². The molecule has 2 amide bonds. The average molecular weight is 343 g/mol. The highest BCUT2D eigenvalue weighted by atomic mass is 16.5. The van der Waals surface area contributed by atoms with Crippen molar-refractivity contribution in [3.8, 4) is 11.9 Å². The third-order valence-corrected chi connectivity index (χ3v) is 4.80. The van der Waals surface area contributed by atoms with E-state index in [-0.39, 0.29) is 35.4 Å². The number of nitrogens with zero attached hydrogens (tertiary/aromatic N) is 5. The lowest BCUT2D eigenvalue weighted by Gasteiger charge is -2.32. The van der Waals surface area contributed by atoms with Gasteiger partial charge in [0, 0.05) is 51.3 Å². The molecule has 2 fully saturated rings. The topological polar surface area (TPSA) is 99.4 Å². The van der Waals surface area contributed by atoms with Crippen molar-refractivity contribution >= 4 is 11.8 Å². The van der Waals surface area contributed by atoms with Gasteiger partial charge in [-0.05, 0) is 12.8 Å². The summed E-state index contributed by atoms with van der Waals surface area (Å²) in [4.78, 5) is 35.7. The van der Waals surface area contributed by atoms with Gasteiger partial charge in [0.25, 0.3) is 5.88 Å². The van der Waals surface area contributed by atoms with Crippen LogP contribution in [0.2, 0.25) is 0 Å². The van der Waals surface area contributed by atoms with Gasteiger partial charge in [-0.1, -0.05) is 0 Å². The van der Waals surface area contributed by atoms with Gasteiger partial charge in [0.15, 0.2) is 0 Å². The minimum absolute atomic E-state index is 0.0273. The third kappa shape index (κ3) is 3.87. The molecule has 2 aliphatic heterocycles. The Morgan fingerprint density at radius 3 is 2.52 bits per heavy atom. The van der Waals surface area contributed by atoms with Crippen molar-refractivity contribution in [1.29, 1.82) is 5.26 Å². The van der Waals surface area contributed by atoms with Gasteiger partial charge in [-0.15, -0.1) is 0 Å². The van der Waals surface area contributed by atoms with Gasteiger partial charge in [0.2, 0.25) is 17.5 Å². The molecule has 2 aliphatic rings. The van der Waals surface area contributed by atoms with E-state index in [4.69, 9.17) is 10.00 Å². The average Bonchev–Trinajstić information content (AvgIpc) is 3.10. The van der Waals surface area contributed by atoms with Gasteiger partial charge in [-0.3, -0.25) is 9.59 Å². The Kier molecular flexibility index (Phi) is 5.12. The molecule has 1 unspecified atom stereocenters. The van der Waals surface area contributed by atoms with Crippen LogP contribution in [0.1, 0.15) is 31.9 Å². The van der Waals surface area contributed by atoms with Crippen molar-refractivity contribution in [3.63, 3.8) is 0 Å². The molecular formula is C17H21N5O3. The van der Waals surface area contributed by atoms with E-state index in [1.807, 2.05) is 11.0 Å². The van der Waals surface area contributed by atoms with Crippen LogP contribution in [0.25, 0.3) is 0 Å². The maximum atomic E-state index is 12.7. The summed E-state index contributed by atoms with van der Waals surface area (Å²) in [7, 11) is 0. The second-order valence-corrected chi connectivity index (χ2v) is 6.42. The molecule has 0 bridgehead atoms. The van der Waals surface area contributed by atoms with E-state index in [9.17, 15) is 9.59 Å². The van der Waals surface area contributed by atoms with Crippen LogP contribution < -0.4 is 4.74 Å². The molecule has 0 N–H and O–H groups in total. The summed E-state index contributed by atoms with van der Waals surface area (Å²) in [6.07, 6.45) is 4.89. The van der Waals surface area contributed by atoms with E-state index in [2.05, 4.69) is 9.97 Å². The number of hydrogen-bond donors (Lipinski definition) is 0. The monoisotopic (exact) mass is 343 g/mol. The molecule has 0 radical (unpaired) electrons. The predicted molar refractivity (Wildman–Crippen MR) is 87.3 cm³/mol. The number of carbonyl (C=O) groups excluding carboxylic acids is 2. The Morgan fingerprint density at radius 1 is 1.16 bits per heavy atom. The van der Waals surface area contributed by atoms with Crippen LogP contribution in [0.15, 0.2) is 12.4 Å². The lowest BCUT2D eigenvalue weighted by molar-refractivity contribution is -0.139. The quantitative estimate of drug-likeness (QED) is 0.796. The molecule has 0 aliphatic carbocycles. The van der Waals surface area contributed by atoms with Crippen molar-refractivity contribution in [2.75, 3.05) is 26.2 Å². The van der Waals surface area contributed by atoms with Crippen LogP contribution in [-0.4, -0.2) is 63.9 Å². The van der Waals surface area contributed by atoms with Crippen molar-refractivity contribution in [1.82, 2.24) is 19.8 Å². The third-order valence-electron chi connectivity index (χ3n) is 4.80. The molecule has 3 rings (SSSR count). The largest absolute Gasteiger partial charge is 0.470 e. The fraction of sp³-hybridized carbons (Fsp3) is 0.588. The SMILES string of the molecule is CC(=O)N1CCC(C(=O)N2CCC(Oc3nccnc3C#N)C2)CC1. The Morgan fingerprint density at radius 2 is 1.84 bits per heavy atom. The van der Waals surface area contributed by atoms with Gasteiger partial charge >= 0.3 is 0 Å². The van der Waals surface area contributed by atoms with Crippen LogP contribution in [0.4, 0.5) is 0 Å². The summed E-state index contributed by atoms with van der Waals surface area (Å²) in [5.74, 6) is 0.395. The van der Waals surface area contributed by atoms with Gasteiger partial charge < -0.3 is 14.5 Å². The summed E-state index contributed by atoms with van der Waals surface area (Å²) >= 11 is 0. The van der Waals surface area contributed by atoms with Crippen molar-refractivity contribution in [3.05, 3.63) is 18.1 Å². The highest BCUT2D eigenvalue weighted by molar-refractivity contribution is 5.80. The highest BCUT2D eigenvalue weighted by Crippen LogP contribution is 2.24. The number of piperidine rings is 1. The minimum atomic E-state index is -0.176. The lowest BCUT2D eigenvalue weighted by Crippen LogP contribution is -2.43. The fourth-order valence-electron chi connectivity index (χ4n) is 3.37. The van der Waals surface area contributed by atoms with Crippen LogP contribution in [0.3, 0.4) is 0 Å². The standard InChI is InChI=1S/C17H21N5O3/c1-12(23)21-7-2-13(3-8-21)17(24)22-9-4-14(11-22)25-16-15(10-18)19-5-6-20-16/h5-6,13-14H,2-4,7-9,11H2,1H3. The maximum absolute atomic E-state index is 12.7. The van der Waals surface area contributed by atoms with E-state index in [1.165, 1.54) is 12.4 Å². The first-order valence-electron chi connectivity index (χ1n) is 8.50. The number of nitriles is 1. The van der Waals surface area contributed by atoms with Crippen LogP contribution in [0.5, 0.6) is 5.88 Å². The molecule has 8 heteroatoms. The number of ether oxygens (including phenoxy) is 1. The van der Waals surface area contributed by atoms with Gasteiger partial charge in [-0.25, -0.2) is 9.97 Å². The molecule has 1 aromatic rings. The first-order valence-corrected chi connectivity index (χ1v) is 8.50. The molecule has 3 heterocycles. The zero-order valence-corrected chi connectivity index (χ0v) is 14.2. The first-order chi connectivity index (χ1) is 12.1. The Hall–Kier alpha value is -2.69. The fourth-order valence-corrected chi connectivity index (χ4v) is 3.37. The van der Waals surface area contributed by atoms with Crippen molar-refractivity contribution in [2.24, 2.45) is 5.92 Å². The number of hydrogen-bond acceptors (Lipinski definition) is 6. The zero-order valence-electron chi connectivity index (χ0n) is 14.2. The second kappa shape index (κ2) is 7.47. The summed E-state index contributed by atoms with van der Waals surface area (Å²) in [5, 5.41) is 9.04. The number of amides is 2. The van der Waals surface area contributed by atoms with Crippen molar-refractivity contribution in [2.45, 2.75) is 32.3 Å². The lowest BCUT2D eigenvalue weighted by atomic mass is 9.95. The molecule has 2 saturated heterocycles. The molecule has 1 atom stereocenters. The van der Waals surface area contributed by atoms with Crippen LogP contribution in [-0.2, 0) is 9.59 Å². The van der Waals surface area contributed by atoms with E-state index in [1.54, 1.807) is 11.8 Å². The number of likely N-dealkylation sites (tertiary alicyclic amines) is 2. The summed E-state index contributed by atoms with van der Waals surface area (Å²) in [6, 6.07) is 1.96. The number of rotatable bonds is 3. The summed E-state index contributed by atoms with van der Waals surface area (Å²) in [5.41, 5.74) is 0.156.